The van der Waals surface area contributed by atoms with E-state index in [1.807, 2.05) is 0 Å². The van der Waals surface area contributed by atoms with Crippen molar-refractivity contribution in [2.24, 2.45) is 0 Å². The molecule has 0 fully saturated rings. The van der Waals surface area contributed by atoms with Crippen molar-refractivity contribution in [2.75, 3.05) is 0 Å². The first-order chi connectivity index (χ1) is 8.66. The summed E-state index contributed by atoms with van der Waals surface area (Å²) in [6.07, 6.45) is 0. The van der Waals surface area contributed by atoms with Crippen molar-refractivity contribution in [1.29, 1.82) is 0 Å². The third kappa shape index (κ3) is 1490. The molecule has 0 radical (unpaired) electrons. The molecule has 0 saturated carbocycles. The second-order valence-corrected chi connectivity index (χ2v) is 3.75. The Kier molecular flexibility index (Phi) is 1120. The molecule has 0 aromatic rings. The molecular weight excluding hydrogens is 847 g/mol. The molecule has 0 aliphatic carbocycles. The van der Waals surface area contributed by atoms with Gasteiger partial charge in [0.1, 0.15) is 0 Å². The van der Waals surface area contributed by atoms with Crippen molar-refractivity contribution in [2.45, 2.75) is 0 Å². The van der Waals surface area contributed by atoms with E-state index in [1.165, 1.54) is 0 Å². The summed E-state index contributed by atoms with van der Waals surface area (Å²) >= 11 is 0. The molecule has 0 rings (SSSR count). The maximum Gasteiger partial charge on any atom is 3.00 e. The molecule has 5 N–H and O–H groups in total. The fourth-order valence-electron chi connectivity index (χ4n) is 0. The first kappa shape index (κ1) is 224. The molecule has 42 heavy (non-hydrogen) atoms. The molecule has 0 aromatic carbocycles. The molecule has 0 bridgehead atoms. The molecule has 0 aliphatic heterocycles. The van der Waals surface area contributed by atoms with E-state index in [4.69, 9.17) is 70.3 Å². The largest absolute Gasteiger partial charge is 3.00 e. The van der Waals surface area contributed by atoms with Gasteiger partial charge in [-0.3, -0.25) is 0 Å². The number of halogens is 5. The Hall–Kier alpha value is 8.60. The predicted octanol–water partition coefficient (Wildman–Crippen LogP) is -55.7. The Bertz CT molecular complexity index is 278. The van der Waals surface area contributed by atoms with Crippen molar-refractivity contribution < 1.29 is 402 Å². The summed E-state index contributed by atoms with van der Waals surface area (Å²) in [6, 6.07) is 0. The van der Waals surface area contributed by atoms with Crippen molar-refractivity contribution in [3.05, 3.63) is 0 Å². The van der Waals surface area contributed by atoms with Crippen LogP contribution in [0.1, 0.15) is 0 Å². The first-order valence-corrected chi connectivity index (χ1v) is 9.19. The van der Waals surface area contributed by atoms with Gasteiger partial charge in [-0.2, -0.15) is 0 Å². The van der Waals surface area contributed by atoms with Crippen LogP contribution in [-0.4, -0.2) is 143 Å². The van der Waals surface area contributed by atoms with E-state index in [1.54, 1.807) is 0 Å². The van der Waals surface area contributed by atoms with Crippen LogP contribution in [0.25, 0.3) is 0 Å². The van der Waals surface area contributed by atoms with E-state index in [-0.39, 0.29) is 401 Å². The van der Waals surface area contributed by atoms with Gasteiger partial charge in [0.25, 0.3) is 0 Å². The Balaban J connectivity index is -0.00000000237. The molecule has 0 aliphatic rings. The van der Waals surface area contributed by atoms with Crippen LogP contribution in [0.5, 0.6) is 0 Å². The van der Waals surface area contributed by atoms with Gasteiger partial charge in [0.15, 0.2) is 0 Å². The molecule has 20 nitrogen and oxygen atoms in total. The molecule has 0 unspecified atom stereocenters. The van der Waals surface area contributed by atoms with Gasteiger partial charge in [-0.1, -0.05) is 0 Å². The van der Waals surface area contributed by atoms with Crippen LogP contribution in [0.15, 0.2) is 0 Å². The minimum atomic E-state index is -3.63. The van der Waals surface area contributed by atoms with Crippen molar-refractivity contribution in [3.63, 3.8) is 0 Å². The Labute approximate surface area is 504 Å². The quantitative estimate of drug-likeness (QED) is 0.161. The van der Waals surface area contributed by atoms with Crippen molar-refractivity contribution in [3.8, 4) is 0 Å². The summed E-state index contributed by atoms with van der Waals surface area (Å²) in [5.74, 6) is 0. The minimum Gasteiger partial charge on any atom is -1.00 e. The van der Waals surface area contributed by atoms with E-state index in [0.29, 0.717) is 0 Å². The fraction of sp³-hybridized carbons (Fsp3) is 0. The van der Waals surface area contributed by atoms with Gasteiger partial charge in [-0.25, -0.2) is 0 Å². The van der Waals surface area contributed by atoms with E-state index >= 15 is 0 Å². The van der Waals surface area contributed by atoms with Gasteiger partial charge in [0, 0.05) is 45.9 Å². The molecule has 0 amide bonds. The summed E-state index contributed by atoms with van der Waals surface area (Å²) in [5.41, 5.74) is 0. The third-order valence-corrected chi connectivity index (χ3v) is 0. The molecular formula is H5Al4F5K4Li4O20Si5. The van der Waals surface area contributed by atoms with E-state index in [2.05, 4.69) is 0 Å². The van der Waals surface area contributed by atoms with Gasteiger partial charge in [0.05, 0.1) is 0 Å². The third-order valence-electron chi connectivity index (χ3n) is 0. The van der Waals surface area contributed by atoms with Crippen LogP contribution in [0.3, 0.4) is 0 Å². The molecule has 0 aromatic heterocycles. The molecule has 42 heteroatoms. The zero-order valence-electron chi connectivity index (χ0n) is 23.1. The molecule has 0 saturated heterocycles. The summed E-state index contributed by atoms with van der Waals surface area (Å²) < 4.78 is 42.6. The number of hydrogen-bond donors (Lipinski definition) is 0. The number of hydrogen-bond acceptors (Lipinski definition) is 20. The maximum absolute atomic E-state index is 8.52. The van der Waals surface area contributed by atoms with E-state index < -0.39 is 45.9 Å². The average Bonchev–Trinajstić information content (AvgIpc) is 1.94. The summed E-state index contributed by atoms with van der Waals surface area (Å²) in [4.78, 5) is 85.2. The van der Waals surface area contributed by atoms with Gasteiger partial charge in [-0.05, 0) is 0 Å². The van der Waals surface area contributed by atoms with Gasteiger partial charge >= 0.3 is 350 Å². The summed E-state index contributed by atoms with van der Waals surface area (Å²) in [7, 11) is -18.1. The topological polar surface area (TPSA) is 466 Å². The zero-order chi connectivity index (χ0) is 17.9. The van der Waals surface area contributed by atoms with Crippen LogP contribution in [-0.2, 0) is 22.3 Å². The van der Waals surface area contributed by atoms with Crippen LogP contribution < -0.4 is 352 Å². The van der Waals surface area contributed by atoms with Gasteiger partial charge < -0.3 is 121 Å². The van der Waals surface area contributed by atoms with Crippen LogP contribution >= 0.6 is 0 Å². The second kappa shape index (κ2) is 210. The smallest absolute Gasteiger partial charge is 1.00 e. The van der Waals surface area contributed by atoms with Gasteiger partial charge in [-0.15, -0.1) is 0 Å². The molecule has 0 atom stereocenters. The van der Waals surface area contributed by atoms with E-state index in [0.717, 1.165) is 0 Å². The van der Waals surface area contributed by atoms with Crippen molar-refractivity contribution >= 4 is 115 Å². The normalized spacial score (nSPS) is 2.86. The van der Waals surface area contributed by atoms with Crippen LogP contribution in [0.4, 0.5) is 0 Å². The Morgan fingerprint density at radius 2 is 0.262 bits per heavy atom. The van der Waals surface area contributed by atoms with E-state index in [9.17, 15) is 0 Å². The zero-order valence-corrected chi connectivity index (χ0v) is 45.2. The molecule has 0 heterocycles. The molecule has 200 valence electrons. The minimum absolute atomic E-state index is 0. The Morgan fingerprint density at radius 3 is 0.262 bits per heavy atom. The first-order valence-electron chi connectivity index (χ1n) is 3.06. The van der Waals surface area contributed by atoms with Gasteiger partial charge in [0.2, 0.25) is 0 Å². The number of rotatable bonds is 0. The van der Waals surface area contributed by atoms with Crippen LogP contribution in [0.2, 0.25) is 0 Å². The SMILES string of the molecule is O=[Si]([O-])[O-].O=[Si]([O-])[O-].O=[Si]([O-])[O-].O=[Si]([O-])[O-].O=[Si]([O-])[O-].[Al+3].[Al+3].[Al+3].[Al+3].[F-].[F-].[F-].[F-].[F-].[K+].[K+].[K+].[K+].[Li+].[Li+].[Li+].[Li+].[OH-].[OH-].[OH-].[OH-].[OH-]. The maximum atomic E-state index is 8.52. The summed E-state index contributed by atoms with van der Waals surface area (Å²) in [6.45, 7) is 0. The second-order valence-electron chi connectivity index (χ2n) is 1.25. The average molecular weight is 853 g/mol. The molecule has 0 spiro atoms. The van der Waals surface area contributed by atoms with Crippen LogP contribution in [0, 0.1) is 0 Å². The monoisotopic (exact) mass is 852 g/mol. The Morgan fingerprint density at radius 1 is 0.262 bits per heavy atom. The summed E-state index contributed by atoms with van der Waals surface area (Å²) in [5, 5.41) is 0. The fourth-order valence-corrected chi connectivity index (χ4v) is 0. The predicted molar refractivity (Wildman–Crippen MR) is 64.9 cm³/mol. The van der Waals surface area contributed by atoms with Crippen molar-refractivity contribution in [1.82, 2.24) is 0 Å². The standard InChI is InChI=1S/4Al.5FH.4K.4Li.5O3Si.5H2O/c;;;;;;;;;;;;;;;;;5*1-4(2)3;;;;;/h;;;;5*1H;;;;;;;;;;;;;;5*1H2/q4*+3;;;;;;8*+1;5*-2;;;;;/p-10.